The molecule has 1 aromatic heterocycles. The molecule has 1 fully saturated rings. The second kappa shape index (κ2) is 5.63. The molecule has 1 aliphatic rings. The minimum absolute atomic E-state index is 0.280. The molecule has 94 valence electrons. The predicted octanol–water partition coefficient (Wildman–Crippen LogP) is 2.82. The van der Waals surface area contributed by atoms with Crippen LogP contribution in [0.2, 0.25) is 0 Å². The van der Waals surface area contributed by atoms with Crippen LogP contribution in [0.5, 0.6) is 0 Å². The van der Waals surface area contributed by atoms with E-state index >= 15 is 0 Å². The second-order valence-corrected chi connectivity index (χ2v) is 5.45. The third-order valence-electron chi connectivity index (χ3n) is 3.36. The highest BCUT2D eigenvalue weighted by molar-refractivity contribution is 7.09. The van der Waals surface area contributed by atoms with E-state index in [9.17, 15) is 4.79 Å². The third kappa shape index (κ3) is 2.86. The number of carbonyl (C=O) groups is 1. The first-order valence-corrected chi connectivity index (χ1v) is 7.34. The average molecular weight is 252 g/mol. The summed E-state index contributed by atoms with van der Waals surface area (Å²) in [6.45, 7) is 5.86. The van der Waals surface area contributed by atoms with Gasteiger partial charge in [-0.15, -0.1) is 11.3 Å². The molecule has 0 spiro atoms. The van der Waals surface area contributed by atoms with Crippen molar-refractivity contribution in [2.45, 2.75) is 45.4 Å². The lowest BCUT2D eigenvalue weighted by Crippen LogP contribution is -2.38. The van der Waals surface area contributed by atoms with Crippen LogP contribution < -0.4 is 0 Å². The van der Waals surface area contributed by atoms with Crippen molar-refractivity contribution in [3.63, 3.8) is 0 Å². The number of thiazole rings is 1. The third-order valence-corrected chi connectivity index (χ3v) is 4.41. The van der Waals surface area contributed by atoms with E-state index < -0.39 is 0 Å². The Bertz CT molecular complexity index is 389. The minimum Gasteiger partial charge on any atom is -0.342 e. The van der Waals surface area contributed by atoms with Crippen molar-refractivity contribution in [3.8, 4) is 0 Å². The molecule has 0 saturated carbocycles. The summed E-state index contributed by atoms with van der Waals surface area (Å²) in [6, 6.07) is 0. The first-order chi connectivity index (χ1) is 8.24. The number of nitrogens with zero attached hydrogens (tertiary/aromatic N) is 2. The monoisotopic (exact) mass is 252 g/mol. The lowest BCUT2D eigenvalue weighted by Gasteiger charge is -2.31. The van der Waals surface area contributed by atoms with Crippen molar-refractivity contribution in [1.82, 2.24) is 9.88 Å². The molecule has 0 unspecified atom stereocenters. The zero-order valence-corrected chi connectivity index (χ0v) is 11.4. The Balaban J connectivity index is 2.04. The zero-order chi connectivity index (χ0) is 12.3. The van der Waals surface area contributed by atoms with Crippen molar-refractivity contribution in [3.05, 3.63) is 16.1 Å². The highest BCUT2D eigenvalue weighted by Gasteiger charge is 2.25. The predicted molar refractivity (Wildman–Crippen MR) is 70.3 cm³/mol. The van der Waals surface area contributed by atoms with Crippen molar-refractivity contribution in [2.75, 3.05) is 13.1 Å². The molecule has 1 saturated heterocycles. The highest BCUT2D eigenvalue weighted by atomic mass is 32.1. The number of aromatic nitrogens is 1. The van der Waals surface area contributed by atoms with Crippen LogP contribution in [0.15, 0.2) is 5.38 Å². The number of hydrogen-bond acceptors (Lipinski definition) is 3. The van der Waals surface area contributed by atoms with Crippen LogP contribution in [0.4, 0.5) is 0 Å². The van der Waals surface area contributed by atoms with E-state index in [1.165, 1.54) is 17.1 Å². The molecule has 17 heavy (non-hydrogen) atoms. The minimum atomic E-state index is 0.280. The van der Waals surface area contributed by atoms with Crippen LogP contribution in [0.1, 0.15) is 49.7 Å². The summed E-state index contributed by atoms with van der Waals surface area (Å²) >= 11 is 1.75. The molecule has 3 nitrogen and oxygen atoms in total. The summed E-state index contributed by atoms with van der Waals surface area (Å²) in [7, 11) is 0. The van der Waals surface area contributed by atoms with Crippen LogP contribution in [0.3, 0.4) is 0 Å². The Kier molecular flexibility index (Phi) is 4.15. The van der Waals surface area contributed by atoms with Gasteiger partial charge < -0.3 is 4.90 Å². The number of likely N-dealkylation sites (tertiary alicyclic amines) is 1. The summed E-state index contributed by atoms with van der Waals surface area (Å²) < 4.78 is 0. The number of rotatable bonds is 3. The van der Waals surface area contributed by atoms with Gasteiger partial charge in [-0.2, -0.15) is 0 Å². The Labute approximate surface area is 107 Å². The molecular formula is C13H20N2OS. The number of piperidine rings is 1. The number of carbonyl (C=O) groups excluding carboxylic acids is 1. The maximum absolute atomic E-state index is 11.7. The Morgan fingerprint density at radius 3 is 3.06 bits per heavy atom. The van der Waals surface area contributed by atoms with Gasteiger partial charge in [0.05, 0.1) is 10.7 Å². The van der Waals surface area contributed by atoms with Crippen LogP contribution in [0, 0.1) is 0 Å². The van der Waals surface area contributed by atoms with Gasteiger partial charge in [0.25, 0.3) is 0 Å². The number of hydrogen-bond donors (Lipinski definition) is 0. The van der Waals surface area contributed by atoms with E-state index in [1.807, 2.05) is 11.8 Å². The number of aryl methyl sites for hydroxylation is 1. The summed E-state index contributed by atoms with van der Waals surface area (Å²) in [4.78, 5) is 18.4. The lowest BCUT2D eigenvalue weighted by molar-refractivity contribution is -0.132. The van der Waals surface area contributed by atoms with Crippen molar-refractivity contribution >= 4 is 17.2 Å². The molecule has 0 bridgehead atoms. The molecule has 2 rings (SSSR count). The van der Waals surface area contributed by atoms with Gasteiger partial charge in [-0.1, -0.05) is 13.8 Å². The standard InChI is InChI=1S/C13H20N2OS/c1-3-11-9-17-13(14-11)10-6-5-7-15(8-10)12(16)4-2/h9-10H,3-8H2,1-2H3/t10-/m0/s1. The zero-order valence-electron chi connectivity index (χ0n) is 10.6. The van der Waals surface area contributed by atoms with Crippen molar-refractivity contribution < 1.29 is 4.79 Å². The topological polar surface area (TPSA) is 33.2 Å². The fourth-order valence-corrected chi connectivity index (χ4v) is 3.33. The molecule has 0 aromatic carbocycles. The van der Waals surface area contributed by atoms with E-state index in [-0.39, 0.29) is 5.91 Å². The maximum atomic E-state index is 11.7. The summed E-state index contributed by atoms with van der Waals surface area (Å²) in [6.07, 6.45) is 3.90. The van der Waals surface area contributed by atoms with Gasteiger partial charge in [0.1, 0.15) is 0 Å². The lowest BCUT2D eigenvalue weighted by atomic mass is 9.98. The first-order valence-electron chi connectivity index (χ1n) is 6.46. The number of amides is 1. The van der Waals surface area contributed by atoms with Gasteiger partial charge in [0.15, 0.2) is 0 Å². The van der Waals surface area contributed by atoms with Crippen LogP contribution >= 0.6 is 11.3 Å². The van der Waals surface area contributed by atoms with Gasteiger partial charge in [-0.3, -0.25) is 4.79 Å². The van der Waals surface area contributed by atoms with Crippen LogP contribution in [-0.4, -0.2) is 28.9 Å². The molecule has 4 heteroatoms. The summed E-state index contributed by atoms with van der Waals surface area (Å²) in [5.41, 5.74) is 1.18. The molecule has 0 aliphatic carbocycles. The van der Waals surface area contributed by atoms with E-state index in [2.05, 4.69) is 17.3 Å². The van der Waals surface area contributed by atoms with E-state index in [0.717, 1.165) is 25.9 Å². The molecule has 1 amide bonds. The SMILES string of the molecule is CCC(=O)N1CCC[C@H](c2nc(CC)cs2)C1. The molecule has 1 aromatic rings. The fraction of sp³-hybridized carbons (Fsp3) is 0.692. The first kappa shape index (κ1) is 12.6. The highest BCUT2D eigenvalue weighted by Crippen LogP contribution is 2.29. The smallest absolute Gasteiger partial charge is 0.222 e. The molecule has 2 heterocycles. The second-order valence-electron chi connectivity index (χ2n) is 4.56. The maximum Gasteiger partial charge on any atom is 0.222 e. The van der Waals surface area contributed by atoms with Gasteiger partial charge in [-0.25, -0.2) is 4.98 Å². The van der Waals surface area contributed by atoms with Gasteiger partial charge >= 0.3 is 0 Å². The van der Waals surface area contributed by atoms with Gasteiger partial charge in [0, 0.05) is 30.8 Å². The molecule has 0 radical (unpaired) electrons. The van der Waals surface area contributed by atoms with E-state index in [0.29, 0.717) is 12.3 Å². The molecule has 0 N–H and O–H groups in total. The fourth-order valence-electron chi connectivity index (χ4n) is 2.30. The molecule has 1 aliphatic heterocycles. The average Bonchev–Trinajstić information content (AvgIpc) is 2.86. The summed E-state index contributed by atoms with van der Waals surface area (Å²) in [5.74, 6) is 0.742. The van der Waals surface area contributed by atoms with Gasteiger partial charge in [-0.05, 0) is 19.3 Å². The molecule has 1 atom stereocenters. The quantitative estimate of drug-likeness (QED) is 0.828. The van der Waals surface area contributed by atoms with Gasteiger partial charge in [0.2, 0.25) is 5.91 Å². The van der Waals surface area contributed by atoms with E-state index in [1.54, 1.807) is 11.3 Å². The van der Waals surface area contributed by atoms with Crippen molar-refractivity contribution in [2.24, 2.45) is 0 Å². The summed E-state index contributed by atoms with van der Waals surface area (Å²) in [5, 5.41) is 3.37. The molecular weight excluding hydrogens is 232 g/mol. The Morgan fingerprint density at radius 1 is 1.59 bits per heavy atom. The van der Waals surface area contributed by atoms with Crippen molar-refractivity contribution in [1.29, 1.82) is 0 Å². The Hall–Kier alpha value is -0.900. The van der Waals surface area contributed by atoms with Crippen LogP contribution in [-0.2, 0) is 11.2 Å². The van der Waals surface area contributed by atoms with Crippen LogP contribution in [0.25, 0.3) is 0 Å². The van der Waals surface area contributed by atoms with E-state index in [4.69, 9.17) is 0 Å². The Morgan fingerprint density at radius 2 is 2.41 bits per heavy atom. The normalized spacial score (nSPS) is 20.6. The largest absolute Gasteiger partial charge is 0.342 e.